The molecule has 4 nitrogen and oxygen atoms in total. The third kappa shape index (κ3) is 4.28. The number of carbonyl (C=O) groups is 1. The molecule has 0 aliphatic carbocycles. The van der Waals surface area contributed by atoms with Crippen molar-refractivity contribution in [1.82, 2.24) is 10.6 Å². The van der Waals surface area contributed by atoms with E-state index in [1.807, 2.05) is 6.92 Å². The average Bonchev–Trinajstić information content (AvgIpc) is 2.11. The molecule has 0 saturated carbocycles. The van der Waals surface area contributed by atoms with Gasteiger partial charge >= 0.3 is 0 Å². The Balaban J connectivity index is 2.63. The highest BCUT2D eigenvalue weighted by Crippen LogP contribution is 2.28. The van der Waals surface area contributed by atoms with Crippen LogP contribution in [0.15, 0.2) is 0 Å². The van der Waals surface area contributed by atoms with Gasteiger partial charge in [0.05, 0.1) is 0 Å². The Morgan fingerprint density at radius 1 is 1.35 bits per heavy atom. The van der Waals surface area contributed by atoms with Crippen LogP contribution in [0.25, 0.3) is 0 Å². The van der Waals surface area contributed by atoms with E-state index < -0.39 is 0 Å². The van der Waals surface area contributed by atoms with Crippen LogP contribution >= 0.6 is 0 Å². The molecule has 0 radical (unpaired) electrons. The maximum Gasteiger partial charge on any atom is 0.224 e. The molecule has 0 unspecified atom stereocenters. The van der Waals surface area contributed by atoms with E-state index in [2.05, 4.69) is 38.3 Å². The number of rotatable bonds is 3. The van der Waals surface area contributed by atoms with Crippen LogP contribution in [-0.2, 0) is 4.79 Å². The summed E-state index contributed by atoms with van der Waals surface area (Å²) in [7, 11) is 0. The summed E-state index contributed by atoms with van der Waals surface area (Å²) in [6.45, 7) is 11.0. The fourth-order valence-corrected chi connectivity index (χ4v) is 2.87. The van der Waals surface area contributed by atoms with Crippen molar-refractivity contribution in [2.45, 2.75) is 64.6 Å². The van der Waals surface area contributed by atoms with E-state index in [1.54, 1.807) is 0 Å². The summed E-state index contributed by atoms with van der Waals surface area (Å²) in [6, 6.07) is 0.239. The van der Waals surface area contributed by atoms with Crippen LogP contribution in [0, 0.1) is 5.92 Å². The summed E-state index contributed by atoms with van der Waals surface area (Å²) < 4.78 is 0. The summed E-state index contributed by atoms with van der Waals surface area (Å²) in [6.07, 6.45) is 1.92. The standard InChI is InChI=1S/C13H27N3O/c1-9(8-14)11(17)15-10-6-12(2,3)16-13(4,5)7-10/h9-10,16H,6-8,14H2,1-5H3,(H,15,17)/t9-/m1/s1. The fraction of sp³-hybridized carbons (Fsp3) is 0.923. The first-order valence-electron chi connectivity index (χ1n) is 6.45. The fourth-order valence-electron chi connectivity index (χ4n) is 2.87. The van der Waals surface area contributed by atoms with Gasteiger partial charge in [-0.05, 0) is 40.5 Å². The molecule has 1 fully saturated rings. The maximum absolute atomic E-state index is 11.9. The van der Waals surface area contributed by atoms with Gasteiger partial charge in [-0.3, -0.25) is 4.79 Å². The molecule has 1 rings (SSSR count). The molecule has 0 bridgehead atoms. The SMILES string of the molecule is C[C@H](CN)C(=O)NC1CC(C)(C)NC(C)(C)C1. The van der Waals surface area contributed by atoms with Gasteiger partial charge in [0, 0.05) is 29.6 Å². The van der Waals surface area contributed by atoms with Crippen molar-refractivity contribution in [2.75, 3.05) is 6.54 Å². The van der Waals surface area contributed by atoms with Crippen molar-refractivity contribution < 1.29 is 4.79 Å². The Kier molecular flexibility index (Phi) is 4.20. The Bertz CT molecular complexity index is 270. The minimum absolute atomic E-state index is 0.0612. The van der Waals surface area contributed by atoms with Gasteiger partial charge < -0.3 is 16.4 Å². The highest BCUT2D eigenvalue weighted by atomic mass is 16.1. The van der Waals surface area contributed by atoms with Crippen LogP contribution in [0.5, 0.6) is 0 Å². The van der Waals surface area contributed by atoms with Crippen LogP contribution < -0.4 is 16.4 Å². The molecule has 1 saturated heterocycles. The topological polar surface area (TPSA) is 67.2 Å². The molecule has 17 heavy (non-hydrogen) atoms. The third-order valence-electron chi connectivity index (χ3n) is 3.34. The Morgan fingerprint density at radius 2 is 1.82 bits per heavy atom. The normalized spacial score (nSPS) is 25.3. The Hall–Kier alpha value is -0.610. The molecular formula is C13H27N3O. The van der Waals surface area contributed by atoms with E-state index in [9.17, 15) is 4.79 Å². The highest BCUT2D eigenvalue weighted by molar-refractivity contribution is 5.78. The summed E-state index contributed by atoms with van der Waals surface area (Å²) in [5, 5.41) is 6.72. The summed E-state index contributed by atoms with van der Waals surface area (Å²) in [5.41, 5.74) is 5.63. The van der Waals surface area contributed by atoms with Crippen LogP contribution in [0.1, 0.15) is 47.5 Å². The number of hydrogen-bond acceptors (Lipinski definition) is 3. The molecule has 0 aromatic rings. The molecule has 1 aliphatic heterocycles. The zero-order valence-corrected chi connectivity index (χ0v) is 11.8. The van der Waals surface area contributed by atoms with E-state index in [0.29, 0.717) is 6.54 Å². The lowest BCUT2D eigenvalue weighted by molar-refractivity contribution is -0.125. The lowest BCUT2D eigenvalue weighted by Crippen LogP contribution is -2.62. The van der Waals surface area contributed by atoms with Crippen molar-refractivity contribution in [3.05, 3.63) is 0 Å². The van der Waals surface area contributed by atoms with Crippen molar-refractivity contribution in [1.29, 1.82) is 0 Å². The average molecular weight is 241 g/mol. The zero-order chi connectivity index (χ0) is 13.3. The Morgan fingerprint density at radius 3 is 2.24 bits per heavy atom. The molecule has 1 aliphatic rings. The van der Waals surface area contributed by atoms with Gasteiger partial charge in [0.15, 0.2) is 0 Å². The first-order chi connectivity index (χ1) is 7.65. The lowest BCUT2D eigenvalue weighted by Gasteiger charge is -2.46. The molecule has 0 aromatic carbocycles. The van der Waals surface area contributed by atoms with Crippen LogP contribution in [0.3, 0.4) is 0 Å². The molecule has 0 aromatic heterocycles. The van der Waals surface area contributed by atoms with E-state index in [0.717, 1.165) is 12.8 Å². The monoisotopic (exact) mass is 241 g/mol. The largest absolute Gasteiger partial charge is 0.353 e. The van der Waals surface area contributed by atoms with E-state index in [4.69, 9.17) is 5.73 Å². The second-order valence-corrected chi connectivity index (χ2v) is 6.64. The summed E-state index contributed by atoms with van der Waals surface area (Å²) in [5.74, 6) is -0.0258. The third-order valence-corrected chi connectivity index (χ3v) is 3.34. The summed E-state index contributed by atoms with van der Waals surface area (Å²) >= 11 is 0. The Labute approximate surface area is 105 Å². The second kappa shape index (κ2) is 4.94. The molecular weight excluding hydrogens is 214 g/mol. The highest BCUT2D eigenvalue weighted by Gasteiger charge is 2.38. The smallest absolute Gasteiger partial charge is 0.224 e. The summed E-state index contributed by atoms with van der Waals surface area (Å²) in [4.78, 5) is 11.9. The van der Waals surface area contributed by atoms with Crippen LogP contribution in [0.2, 0.25) is 0 Å². The number of piperidine rings is 1. The molecule has 1 amide bonds. The molecule has 1 heterocycles. The number of carbonyl (C=O) groups excluding carboxylic acids is 1. The number of amides is 1. The minimum atomic E-state index is -0.101. The molecule has 4 N–H and O–H groups in total. The molecule has 0 spiro atoms. The maximum atomic E-state index is 11.9. The predicted octanol–water partition coefficient (Wildman–Crippen LogP) is 1.01. The lowest BCUT2D eigenvalue weighted by atomic mass is 9.79. The number of nitrogens with one attached hydrogen (secondary N) is 2. The van der Waals surface area contributed by atoms with Gasteiger partial charge in [0.25, 0.3) is 0 Å². The molecule has 4 heteroatoms. The molecule has 100 valence electrons. The minimum Gasteiger partial charge on any atom is -0.353 e. The van der Waals surface area contributed by atoms with Crippen LogP contribution in [0.4, 0.5) is 0 Å². The quantitative estimate of drug-likeness (QED) is 0.691. The first kappa shape index (κ1) is 14.5. The van der Waals surface area contributed by atoms with Crippen LogP contribution in [-0.4, -0.2) is 29.6 Å². The van der Waals surface area contributed by atoms with Crippen molar-refractivity contribution in [2.24, 2.45) is 11.7 Å². The van der Waals surface area contributed by atoms with Crippen molar-refractivity contribution >= 4 is 5.91 Å². The van der Waals surface area contributed by atoms with Gasteiger partial charge in [-0.25, -0.2) is 0 Å². The van der Waals surface area contributed by atoms with Gasteiger partial charge in [0.2, 0.25) is 5.91 Å². The van der Waals surface area contributed by atoms with E-state index in [-0.39, 0.29) is 28.9 Å². The van der Waals surface area contributed by atoms with Gasteiger partial charge in [0.1, 0.15) is 0 Å². The van der Waals surface area contributed by atoms with Gasteiger partial charge in [-0.15, -0.1) is 0 Å². The van der Waals surface area contributed by atoms with Crippen molar-refractivity contribution in [3.8, 4) is 0 Å². The van der Waals surface area contributed by atoms with E-state index >= 15 is 0 Å². The molecule has 1 atom stereocenters. The van der Waals surface area contributed by atoms with Crippen molar-refractivity contribution in [3.63, 3.8) is 0 Å². The van der Waals surface area contributed by atoms with Gasteiger partial charge in [-0.1, -0.05) is 6.92 Å². The second-order valence-electron chi connectivity index (χ2n) is 6.64. The first-order valence-corrected chi connectivity index (χ1v) is 6.45. The number of hydrogen-bond donors (Lipinski definition) is 3. The number of nitrogens with two attached hydrogens (primary N) is 1. The van der Waals surface area contributed by atoms with Gasteiger partial charge in [-0.2, -0.15) is 0 Å². The van der Waals surface area contributed by atoms with E-state index in [1.165, 1.54) is 0 Å². The zero-order valence-electron chi connectivity index (χ0n) is 11.8. The predicted molar refractivity (Wildman–Crippen MR) is 70.7 cm³/mol.